The Bertz CT molecular complexity index is 234. The summed E-state index contributed by atoms with van der Waals surface area (Å²) >= 11 is 0. The van der Waals surface area contributed by atoms with Crippen LogP contribution in [-0.4, -0.2) is 19.9 Å². The highest BCUT2D eigenvalue weighted by atomic mass is 32.2. The van der Waals surface area contributed by atoms with E-state index in [1.54, 1.807) is 0 Å². The van der Waals surface area contributed by atoms with Gasteiger partial charge in [0, 0.05) is 0 Å². The molecule has 0 aromatic carbocycles. The van der Waals surface area contributed by atoms with E-state index in [2.05, 4.69) is 12.8 Å². The monoisotopic (exact) mass is 188 g/mol. The molecule has 0 bridgehead atoms. The van der Waals surface area contributed by atoms with E-state index in [9.17, 15) is 8.42 Å². The van der Waals surface area contributed by atoms with Crippen LogP contribution in [0.1, 0.15) is 32.6 Å². The van der Waals surface area contributed by atoms with Crippen LogP contribution in [0.5, 0.6) is 0 Å². The van der Waals surface area contributed by atoms with Crippen molar-refractivity contribution in [2.75, 3.05) is 11.5 Å². The second-order valence-corrected chi connectivity index (χ2v) is 5.04. The summed E-state index contributed by atoms with van der Waals surface area (Å²) in [6.45, 7) is 2.09. The fourth-order valence-corrected chi connectivity index (χ4v) is 1.99. The van der Waals surface area contributed by atoms with Gasteiger partial charge in [0.15, 0.2) is 9.84 Å². The minimum atomic E-state index is -2.95. The molecule has 0 radical (unpaired) electrons. The molecular weight excluding hydrogens is 172 g/mol. The van der Waals surface area contributed by atoms with Gasteiger partial charge in [0.2, 0.25) is 0 Å². The van der Waals surface area contributed by atoms with Gasteiger partial charge in [0.25, 0.3) is 0 Å². The Balaban J connectivity index is 3.57. The Hall–Kier alpha value is -0.490. The van der Waals surface area contributed by atoms with Crippen molar-refractivity contribution >= 4 is 9.84 Å². The molecule has 12 heavy (non-hydrogen) atoms. The molecule has 0 unspecified atom stereocenters. The number of sulfone groups is 1. The first-order chi connectivity index (χ1) is 5.62. The number of hydrogen-bond donors (Lipinski definition) is 0. The molecule has 0 saturated heterocycles. The number of rotatable bonds is 6. The molecule has 0 heterocycles. The van der Waals surface area contributed by atoms with Crippen LogP contribution in [0.15, 0.2) is 0 Å². The van der Waals surface area contributed by atoms with Gasteiger partial charge in [-0.05, 0) is 6.42 Å². The van der Waals surface area contributed by atoms with Gasteiger partial charge in [-0.3, -0.25) is 0 Å². The van der Waals surface area contributed by atoms with Gasteiger partial charge in [-0.15, -0.1) is 6.42 Å². The van der Waals surface area contributed by atoms with Crippen LogP contribution < -0.4 is 0 Å². The lowest BCUT2D eigenvalue weighted by Gasteiger charge is -1.99. The van der Waals surface area contributed by atoms with Crippen LogP contribution in [-0.2, 0) is 9.84 Å². The van der Waals surface area contributed by atoms with Crippen molar-refractivity contribution in [2.24, 2.45) is 0 Å². The predicted octanol–water partition coefficient (Wildman–Crippen LogP) is 1.61. The molecule has 0 amide bonds. The van der Waals surface area contributed by atoms with Crippen LogP contribution in [0, 0.1) is 12.3 Å². The van der Waals surface area contributed by atoms with Crippen molar-refractivity contribution in [1.82, 2.24) is 0 Å². The lowest BCUT2D eigenvalue weighted by Crippen LogP contribution is -2.09. The van der Waals surface area contributed by atoms with Gasteiger partial charge in [0.1, 0.15) is 5.75 Å². The van der Waals surface area contributed by atoms with Gasteiger partial charge in [0.05, 0.1) is 5.75 Å². The summed E-state index contributed by atoms with van der Waals surface area (Å²) in [5.41, 5.74) is 0. The Labute approximate surface area is 75.3 Å². The highest BCUT2D eigenvalue weighted by Gasteiger charge is 2.06. The molecule has 0 aromatic heterocycles. The van der Waals surface area contributed by atoms with Crippen molar-refractivity contribution in [2.45, 2.75) is 32.6 Å². The average molecular weight is 188 g/mol. The van der Waals surface area contributed by atoms with Crippen LogP contribution in [0.2, 0.25) is 0 Å². The molecular formula is C9H16O2S. The molecule has 0 saturated carbocycles. The topological polar surface area (TPSA) is 34.1 Å². The zero-order valence-corrected chi connectivity index (χ0v) is 8.36. The highest BCUT2D eigenvalue weighted by molar-refractivity contribution is 7.91. The Morgan fingerprint density at radius 3 is 2.42 bits per heavy atom. The maximum atomic E-state index is 11.1. The first kappa shape index (κ1) is 11.5. The summed E-state index contributed by atoms with van der Waals surface area (Å²) in [7, 11) is -2.95. The number of hydrogen-bond acceptors (Lipinski definition) is 2. The van der Waals surface area contributed by atoms with E-state index < -0.39 is 9.84 Å². The van der Waals surface area contributed by atoms with Gasteiger partial charge in [-0.25, -0.2) is 8.42 Å². The number of unbranched alkanes of at least 4 members (excludes halogenated alkanes) is 3. The zero-order valence-electron chi connectivity index (χ0n) is 7.54. The molecule has 2 nitrogen and oxygen atoms in total. The zero-order chi connectivity index (χ0) is 9.45. The van der Waals surface area contributed by atoms with Crippen LogP contribution in [0.25, 0.3) is 0 Å². The van der Waals surface area contributed by atoms with E-state index in [4.69, 9.17) is 6.42 Å². The molecule has 0 aromatic rings. The van der Waals surface area contributed by atoms with Crippen molar-refractivity contribution in [3.63, 3.8) is 0 Å². The predicted molar refractivity (Wildman–Crippen MR) is 51.6 cm³/mol. The summed E-state index contributed by atoms with van der Waals surface area (Å²) in [6.07, 6.45) is 8.87. The lowest BCUT2D eigenvalue weighted by molar-refractivity contribution is 0.592. The molecule has 0 aliphatic carbocycles. The quantitative estimate of drug-likeness (QED) is 0.469. The summed E-state index contributed by atoms with van der Waals surface area (Å²) in [4.78, 5) is 0. The lowest BCUT2D eigenvalue weighted by atomic mass is 10.2. The molecule has 0 rings (SSSR count). The standard InChI is InChI=1S/C9H16O2S/c1-3-5-6-7-9-12(10,11)8-4-2/h2H,3,5-9H2,1H3. The van der Waals surface area contributed by atoms with Crippen LogP contribution >= 0.6 is 0 Å². The van der Waals surface area contributed by atoms with Crippen molar-refractivity contribution in [1.29, 1.82) is 0 Å². The number of terminal acetylenes is 1. The van der Waals surface area contributed by atoms with Gasteiger partial charge < -0.3 is 0 Å². The first-order valence-corrected chi connectivity index (χ1v) is 6.08. The second kappa shape index (κ2) is 6.07. The largest absolute Gasteiger partial charge is 0.228 e. The average Bonchev–Trinajstić information content (AvgIpc) is 1.98. The minimum Gasteiger partial charge on any atom is -0.228 e. The highest BCUT2D eigenvalue weighted by Crippen LogP contribution is 2.02. The van der Waals surface area contributed by atoms with Gasteiger partial charge in [-0.2, -0.15) is 0 Å². The molecule has 0 N–H and O–H groups in total. The molecule has 0 spiro atoms. The summed E-state index contributed by atoms with van der Waals surface area (Å²) < 4.78 is 22.1. The van der Waals surface area contributed by atoms with E-state index >= 15 is 0 Å². The maximum Gasteiger partial charge on any atom is 0.161 e. The smallest absolute Gasteiger partial charge is 0.161 e. The van der Waals surface area contributed by atoms with Crippen molar-refractivity contribution in [3.8, 4) is 12.3 Å². The maximum absolute atomic E-state index is 11.1. The second-order valence-electron chi connectivity index (χ2n) is 2.86. The first-order valence-electron chi connectivity index (χ1n) is 4.26. The fourth-order valence-electron chi connectivity index (χ4n) is 0.948. The van der Waals surface area contributed by atoms with Gasteiger partial charge >= 0.3 is 0 Å². The van der Waals surface area contributed by atoms with E-state index in [-0.39, 0.29) is 11.5 Å². The SMILES string of the molecule is C#CCS(=O)(=O)CCCCCC. The summed E-state index contributed by atoms with van der Waals surface area (Å²) in [5.74, 6) is 2.30. The molecule has 3 heteroatoms. The third-order valence-corrected chi connectivity index (χ3v) is 3.13. The third-order valence-electron chi connectivity index (χ3n) is 1.61. The molecule has 70 valence electrons. The normalized spacial score (nSPS) is 11.0. The summed E-state index contributed by atoms with van der Waals surface area (Å²) in [5, 5.41) is 0. The van der Waals surface area contributed by atoms with E-state index in [0.717, 1.165) is 25.7 Å². The third kappa shape index (κ3) is 6.23. The molecule has 0 fully saturated rings. The minimum absolute atomic E-state index is 0.112. The Morgan fingerprint density at radius 1 is 1.25 bits per heavy atom. The Morgan fingerprint density at radius 2 is 1.92 bits per heavy atom. The Kier molecular flexibility index (Phi) is 5.83. The van der Waals surface area contributed by atoms with Crippen molar-refractivity contribution in [3.05, 3.63) is 0 Å². The van der Waals surface area contributed by atoms with Crippen LogP contribution in [0.3, 0.4) is 0 Å². The molecule has 0 aliphatic heterocycles. The van der Waals surface area contributed by atoms with E-state index in [0.29, 0.717) is 0 Å². The fraction of sp³-hybridized carbons (Fsp3) is 0.778. The van der Waals surface area contributed by atoms with Crippen molar-refractivity contribution < 1.29 is 8.42 Å². The van der Waals surface area contributed by atoms with Crippen LogP contribution in [0.4, 0.5) is 0 Å². The molecule has 0 atom stereocenters. The molecule has 0 aliphatic rings. The van der Waals surface area contributed by atoms with E-state index in [1.807, 2.05) is 0 Å². The van der Waals surface area contributed by atoms with E-state index in [1.165, 1.54) is 0 Å². The summed E-state index contributed by atoms with van der Waals surface area (Å²) in [6, 6.07) is 0. The van der Waals surface area contributed by atoms with Gasteiger partial charge in [-0.1, -0.05) is 32.1 Å².